The smallest absolute Gasteiger partial charge is 0.0931 e. The van der Waals surface area contributed by atoms with Crippen LogP contribution in [0.1, 0.15) is 34.0 Å². The molecule has 2 aromatic rings. The third kappa shape index (κ3) is 3.90. The van der Waals surface area contributed by atoms with E-state index in [1.165, 1.54) is 21.1 Å². The molecule has 2 heterocycles. The standard InChI is InChI=1S/C17H23N3S/c18-10-5-4-8-17-19-15-9-11-20(13-16(15)21-17)12-14-6-2-1-3-7-14/h1-3,6-7H,4-5,8-13,18H2. The van der Waals surface area contributed by atoms with Gasteiger partial charge in [-0.15, -0.1) is 11.3 Å². The van der Waals surface area contributed by atoms with Crippen LogP contribution in [-0.2, 0) is 25.9 Å². The Morgan fingerprint density at radius 1 is 1.19 bits per heavy atom. The molecule has 1 aromatic carbocycles. The van der Waals surface area contributed by atoms with Gasteiger partial charge in [0.25, 0.3) is 0 Å². The second-order valence-electron chi connectivity index (χ2n) is 5.67. The van der Waals surface area contributed by atoms with E-state index in [0.717, 1.165) is 51.9 Å². The zero-order chi connectivity index (χ0) is 14.5. The molecule has 1 aliphatic rings. The maximum absolute atomic E-state index is 5.56. The highest BCUT2D eigenvalue weighted by molar-refractivity contribution is 7.11. The molecule has 1 aliphatic heterocycles. The average molecular weight is 301 g/mol. The second-order valence-corrected chi connectivity index (χ2v) is 6.84. The Kier molecular flexibility index (Phi) is 5.01. The predicted molar refractivity (Wildman–Crippen MR) is 88.4 cm³/mol. The summed E-state index contributed by atoms with van der Waals surface area (Å²) in [4.78, 5) is 8.81. The molecular weight excluding hydrogens is 278 g/mol. The molecule has 0 aliphatic carbocycles. The molecule has 2 N–H and O–H groups in total. The van der Waals surface area contributed by atoms with Gasteiger partial charge in [-0.2, -0.15) is 0 Å². The van der Waals surface area contributed by atoms with Crippen LogP contribution in [0.15, 0.2) is 30.3 Å². The van der Waals surface area contributed by atoms with E-state index in [1.54, 1.807) is 0 Å². The Morgan fingerprint density at radius 3 is 2.86 bits per heavy atom. The summed E-state index contributed by atoms with van der Waals surface area (Å²) in [7, 11) is 0. The molecule has 0 fully saturated rings. The summed E-state index contributed by atoms with van der Waals surface area (Å²) in [6.07, 6.45) is 4.45. The summed E-state index contributed by atoms with van der Waals surface area (Å²) in [5, 5.41) is 1.30. The van der Waals surface area contributed by atoms with Crippen LogP contribution in [-0.4, -0.2) is 23.0 Å². The van der Waals surface area contributed by atoms with Crippen LogP contribution in [0, 0.1) is 0 Å². The zero-order valence-electron chi connectivity index (χ0n) is 12.4. The van der Waals surface area contributed by atoms with E-state index in [0.29, 0.717) is 0 Å². The normalized spacial score (nSPS) is 15.1. The zero-order valence-corrected chi connectivity index (χ0v) is 13.2. The van der Waals surface area contributed by atoms with Gasteiger partial charge in [-0.3, -0.25) is 4.90 Å². The van der Waals surface area contributed by atoms with Gasteiger partial charge in [-0.25, -0.2) is 4.98 Å². The van der Waals surface area contributed by atoms with Crippen molar-refractivity contribution in [3.8, 4) is 0 Å². The van der Waals surface area contributed by atoms with Gasteiger partial charge in [0.2, 0.25) is 0 Å². The van der Waals surface area contributed by atoms with E-state index in [1.807, 2.05) is 11.3 Å². The molecule has 0 radical (unpaired) electrons. The van der Waals surface area contributed by atoms with Gasteiger partial charge >= 0.3 is 0 Å². The Balaban J connectivity index is 1.60. The number of hydrogen-bond donors (Lipinski definition) is 1. The minimum atomic E-state index is 0.788. The Morgan fingerprint density at radius 2 is 2.05 bits per heavy atom. The molecule has 112 valence electrons. The van der Waals surface area contributed by atoms with Crippen molar-refractivity contribution in [2.45, 2.75) is 38.8 Å². The van der Waals surface area contributed by atoms with E-state index < -0.39 is 0 Å². The molecule has 3 nitrogen and oxygen atoms in total. The molecule has 0 saturated carbocycles. The fraction of sp³-hybridized carbons (Fsp3) is 0.471. The lowest BCUT2D eigenvalue weighted by Gasteiger charge is -2.25. The van der Waals surface area contributed by atoms with Crippen LogP contribution >= 0.6 is 11.3 Å². The minimum Gasteiger partial charge on any atom is -0.330 e. The number of benzene rings is 1. The van der Waals surface area contributed by atoms with Gasteiger partial charge in [0, 0.05) is 30.9 Å². The number of unbranched alkanes of at least 4 members (excludes halogenated alkanes) is 1. The first-order valence-electron chi connectivity index (χ1n) is 7.79. The number of aromatic nitrogens is 1. The van der Waals surface area contributed by atoms with Crippen LogP contribution in [0.2, 0.25) is 0 Å². The number of hydrogen-bond acceptors (Lipinski definition) is 4. The average Bonchev–Trinajstić information content (AvgIpc) is 2.90. The third-order valence-corrected chi connectivity index (χ3v) is 5.09. The number of fused-ring (bicyclic) bond motifs is 1. The van der Waals surface area contributed by atoms with Crippen molar-refractivity contribution in [2.24, 2.45) is 5.73 Å². The van der Waals surface area contributed by atoms with Crippen molar-refractivity contribution >= 4 is 11.3 Å². The highest BCUT2D eigenvalue weighted by Gasteiger charge is 2.20. The fourth-order valence-electron chi connectivity index (χ4n) is 2.81. The number of rotatable bonds is 6. The third-order valence-electron chi connectivity index (χ3n) is 3.95. The second kappa shape index (κ2) is 7.16. The molecule has 1 aromatic heterocycles. The van der Waals surface area contributed by atoms with Gasteiger partial charge in [0.1, 0.15) is 0 Å². The lowest BCUT2D eigenvalue weighted by molar-refractivity contribution is 0.247. The van der Waals surface area contributed by atoms with Gasteiger partial charge in [0.15, 0.2) is 0 Å². The molecule has 4 heteroatoms. The molecule has 21 heavy (non-hydrogen) atoms. The summed E-state index contributed by atoms with van der Waals surface area (Å²) in [5.74, 6) is 0. The molecule has 3 rings (SSSR count). The molecule has 0 atom stereocenters. The van der Waals surface area contributed by atoms with Crippen molar-refractivity contribution in [2.75, 3.05) is 13.1 Å². The molecule has 0 unspecified atom stereocenters. The van der Waals surface area contributed by atoms with Gasteiger partial charge in [-0.05, 0) is 31.4 Å². The first-order chi connectivity index (χ1) is 10.3. The minimum absolute atomic E-state index is 0.788. The molecule has 0 bridgehead atoms. The van der Waals surface area contributed by atoms with E-state index in [9.17, 15) is 0 Å². The maximum atomic E-state index is 5.56. The van der Waals surface area contributed by atoms with Crippen molar-refractivity contribution < 1.29 is 0 Å². The highest BCUT2D eigenvalue weighted by atomic mass is 32.1. The maximum Gasteiger partial charge on any atom is 0.0931 e. The van der Waals surface area contributed by atoms with E-state index in [-0.39, 0.29) is 0 Å². The lowest BCUT2D eigenvalue weighted by atomic mass is 10.1. The first-order valence-corrected chi connectivity index (χ1v) is 8.60. The van der Waals surface area contributed by atoms with Crippen molar-refractivity contribution in [3.63, 3.8) is 0 Å². The molecule has 0 saturated heterocycles. The lowest BCUT2D eigenvalue weighted by Crippen LogP contribution is -2.29. The Bertz CT molecular complexity index is 565. The van der Waals surface area contributed by atoms with Gasteiger partial charge in [-0.1, -0.05) is 30.3 Å². The number of aryl methyl sites for hydroxylation is 1. The summed E-state index contributed by atoms with van der Waals surface area (Å²) in [6, 6.07) is 10.7. The van der Waals surface area contributed by atoms with E-state index in [4.69, 9.17) is 10.7 Å². The number of nitrogens with zero attached hydrogens (tertiary/aromatic N) is 2. The molecule has 0 spiro atoms. The van der Waals surface area contributed by atoms with Crippen LogP contribution < -0.4 is 5.73 Å². The highest BCUT2D eigenvalue weighted by Crippen LogP contribution is 2.26. The van der Waals surface area contributed by atoms with Crippen LogP contribution in [0.4, 0.5) is 0 Å². The van der Waals surface area contributed by atoms with Gasteiger partial charge < -0.3 is 5.73 Å². The van der Waals surface area contributed by atoms with E-state index >= 15 is 0 Å². The van der Waals surface area contributed by atoms with Crippen LogP contribution in [0.25, 0.3) is 0 Å². The summed E-state index contributed by atoms with van der Waals surface area (Å²) < 4.78 is 0. The van der Waals surface area contributed by atoms with Crippen molar-refractivity contribution in [3.05, 3.63) is 51.5 Å². The molecular formula is C17H23N3S. The van der Waals surface area contributed by atoms with Crippen LogP contribution in [0.3, 0.4) is 0 Å². The Labute approximate surface area is 130 Å². The first kappa shape index (κ1) is 14.7. The summed E-state index contributed by atoms with van der Waals surface area (Å²) in [5.41, 5.74) is 8.29. The van der Waals surface area contributed by atoms with Gasteiger partial charge in [0.05, 0.1) is 10.7 Å². The SMILES string of the molecule is NCCCCc1nc2c(s1)CN(Cc1ccccc1)CC2. The predicted octanol–water partition coefficient (Wildman–Crippen LogP) is 2.98. The molecule has 0 amide bonds. The number of nitrogens with two attached hydrogens (primary N) is 1. The Hall–Kier alpha value is -1.23. The quantitative estimate of drug-likeness (QED) is 0.834. The monoisotopic (exact) mass is 301 g/mol. The fourth-order valence-corrected chi connectivity index (χ4v) is 4.01. The van der Waals surface area contributed by atoms with Crippen molar-refractivity contribution in [1.82, 2.24) is 9.88 Å². The van der Waals surface area contributed by atoms with E-state index in [2.05, 4.69) is 35.2 Å². The van der Waals surface area contributed by atoms with Crippen LogP contribution in [0.5, 0.6) is 0 Å². The van der Waals surface area contributed by atoms with Crippen molar-refractivity contribution in [1.29, 1.82) is 0 Å². The summed E-state index contributed by atoms with van der Waals surface area (Å²) in [6.45, 7) is 4.00. The number of thiazole rings is 1. The topological polar surface area (TPSA) is 42.1 Å². The summed E-state index contributed by atoms with van der Waals surface area (Å²) >= 11 is 1.91. The largest absolute Gasteiger partial charge is 0.330 e.